The molecule has 1 amide bonds. The van der Waals surface area contributed by atoms with Gasteiger partial charge in [-0.05, 0) is 31.4 Å². The van der Waals surface area contributed by atoms with E-state index in [0.29, 0.717) is 26.1 Å². The maximum Gasteiger partial charge on any atom is 0.222 e. The van der Waals surface area contributed by atoms with Crippen LogP contribution in [0.25, 0.3) is 0 Å². The summed E-state index contributed by atoms with van der Waals surface area (Å²) in [6.45, 7) is 7.60. The van der Waals surface area contributed by atoms with Crippen molar-refractivity contribution in [3.8, 4) is 0 Å². The maximum atomic E-state index is 12.0. The Morgan fingerprint density at radius 1 is 1.38 bits per heavy atom. The first kappa shape index (κ1) is 26.5. The number of nitrogens with one attached hydrogen (secondary N) is 1. The zero-order valence-electron chi connectivity index (χ0n) is 19.3. The zero-order valence-corrected chi connectivity index (χ0v) is 22.5. The van der Waals surface area contributed by atoms with Gasteiger partial charge in [0.1, 0.15) is 11.1 Å². The lowest BCUT2D eigenvalue weighted by molar-refractivity contribution is -0.128. The second-order valence-corrected chi connectivity index (χ2v) is 8.66. The number of aromatic nitrogens is 1. The van der Waals surface area contributed by atoms with Gasteiger partial charge in [0.05, 0.1) is 18.8 Å². The van der Waals surface area contributed by atoms with Gasteiger partial charge in [-0.1, -0.05) is 24.3 Å². The number of methoxy groups -OCH3 is 1. The lowest BCUT2D eigenvalue weighted by atomic mass is 10.1. The van der Waals surface area contributed by atoms with Gasteiger partial charge >= 0.3 is 0 Å². The van der Waals surface area contributed by atoms with E-state index in [1.165, 1.54) is 0 Å². The summed E-state index contributed by atoms with van der Waals surface area (Å²) < 4.78 is 5.37. The van der Waals surface area contributed by atoms with Crippen molar-refractivity contribution in [2.75, 3.05) is 27.2 Å². The minimum atomic E-state index is 0. The Morgan fingerprint density at radius 3 is 2.78 bits per heavy atom. The van der Waals surface area contributed by atoms with Crippen LogP contribution in [0.1, 0.15) is 54.6 Å². The van der Waals surface area contributed by atoms with Crippen molar-refractivity contribution in [3.63, 3.8) is 0 Å². The number of carbonyl (C=O) groups excluding carboxylic acids is 1. The number of likely N-dealkylation sites (tertiary alicyclic amines) is 1. The molecule has 0 saturated carbocycles. The Morgan fingerprint density at radius 2 is 2.12 bits per heavy atom. The average molecular weight is 572 g/mol. The van der Waals surface area contributed by atoms with E-state index in [1.807, 2.05) is 31.0 Å². The van der Waals surface area contributed by atoms with Gasteiger partial charge in [0, 0.05) is 45.6 Å². The van der Waals surface area contributed by atoms with Crippen LogP contribution in [0.4, 0.5) is 0 Å². The van der Waals surface area contributed by atoms with E-state index in [-0.39, 0.29) is 36.0 Å². The van der Waals surface area contributed by atoms with Crippen LogP contribution in [0.3, 0.4) is 0 Å². The predicted molar refractivity (Wildman–Crippen MR) is 140 cm³/mol. The molecule has 1 unspecified atom stereocenters. The number of ether oxygens (including phenoxy) is 1. The molecule has 0 bridgehead atoms. The second kappa shape index (κ2) is 13.1. The van der Waals surface area contributed by atoms with Crippen LogP contribution in [0, 0.1) is 0 Å². The molecule has 7 nitrogen and oxygen atoms in total. The van der Waals surface area contributed by atoms with Crippen LogP contribution < -0.4 is 5.32 Å². The molecular weight excluding hydrogens is 537 g/mol. The third-order valence-corrected chi connectivity index (χ3v) is 6.47. The van der Waals surface area contributed by atoms with Gasteiger partial charge in [0.2, 0.25) is 5.91 Å². The topological polar surface area (TPSA) is 70.1 Å². The number of thiazole rings is 1. The quantitative estimate of drug-likeness (QED) is 0.278. The van der Waals surface area contributed by atoms with Gasteiger partial charge in [-0.2, -0.15) is 0 Å². The highest BCUT2D eigenvalue weighted by molar-refractivity contribution is 14.0. The summed E-state index contributed by atoms with van der Waals surface area (Å²) in [5.74, 6) is 1.08. The molecule has 2 heterocycles. The van der Waals surface area contributed by atoms with Crippen LogP contribution in [-0.4, -0.2) is 53.9 Å². The molecule has 1 saturated heterocycles. The lowest BCUT2D eigenvalue weighted by Crippen LogP contribution is -2.38. The molecule has 1 aromatic heterocycles. The van der Waals surface area contributed by atoms with Gasteiger partial charge in [-0.25, -0.2) is 9.98 Å². The molecule has 1 fully saturated rings. The predicted octanol–water partition coefficient (Wildman–Crippen LogP) is 4.19. The molecular formula is C23H34IN5O2S. The number of nitrogens with zero attached hydrogens (tertiary/aromatic N) is 4. The number of hydrogen-bond donors (Lipinski definition) is 1. The highest BCUT2D eigenvalue weighted by Gasteiger charge is 2.21. The van der Waals surface area contributed by atoms with Crippen molar-refractivity contribution in [1.29, 1.82) is 0 Å². The number of guanidine groups is 1. The molecule has 0 aliphatic carbocycles. The highest BCUT2D eigenvalue weighted by Crippen LogP contribution is 2.21. The maximum absolute atomic E-state index is 12.0. The first-order valence-electron chi connectivity index (χ1n) is 10.8. The highest BCUT2D eigenvalue weighted by atomic mass is 127. The molecule has 1 aromatic carbocycles. The number of hydrogen-bond acceptors (Lipinski definition) is 5. The smallest absolute Gasteiger partial charge is 0.222 e. The molecule has 176 valence electrons. The van der Waals surface area contributed by atoms with E-state index in [1.54, 1.807) is 18.4 Å². The average Bonchev–Trinajstić information content (AvgIpc) is 3.40. The van der Waals surface area contributed by atoms with Crippen LogP contribution in [0.15, 0.2) is 34.6 Å². The summed E-state index contributed by atoms with van der Waals surface area (Å²) in [5, 5.41) is 6.44. The number of rotatable bonds is 9. The van der Waals surface area contributed by atoms with E-state index in [2.05, 4.69) is 34.7 Å². The third-order valence-electron chi connectivity index (χ3n) is 5.42. The number of halogens is 1. The molecule has 0 spiro atoms. The summed E-state index contributed by atoms with van der Waals surface area (Å²) >= 11 is 1.62. The Balaban J connectivity index is 0.00000363. The fraction of sp³-hybridized carbons (Fsp3) is 0.522. The lowest BCUT2D eigenvalue weighted by Gasteiger charge is -2.22. The zero-order chi connectivity index (χ0) is 22.2. The van der Waals surface area contributed by atoms with Gasteiger partial charge in [0.15, 0.2) is 5.96 Å². The SMILES string of the molecule is CCNC(=NCc1ccccc1CN1CCCC1=O)N(C)Cc1csc(C(C)OC)n1.I. The van der Waals surface area contributed by atoms with Crippen LogP contribution in [0.2, 0.25) is 0 Å². The monoisotopic (exact) mass is 571 g/mol. The van der Waals surface area contributed by atoms with Crippen molar-refractivity contribution in [2.24, 2.45) is 4.99 Å². The van der Waals surface area contributed by atoms with E-state index in [4.69, 9.17) is 14.7 Å². The molecule has 1 aliphatic rings. The van der Waals surface area contributed by atoms with E-state index in [0.717, 1.165) is 47.3 Å². The van der Waals surface area contributed by atoms with E-state index < -0.39 is 0 Å². The van der Waals surface area contributed by atoms with Crippen molar-refractivity contribution < 1.29 is 9.53 Å². The second-order valence-electron chi connectivity index (χ2n) is 7.77. The third kappa shape index (κ3) is 7.14. The first-order valence-corrected chi connectivity index (χ1v) is 11.7. The van der Waals surface area contributed by atoms with Crippen molar-refractivity contribution in [2.45, 2.75) is 52.4 Å². The van der Waals surface area contributed by atoms with E-state index in [9.17, 15) is 4.79 Å². The van der Waals surface area contributed by atoms with E-state index >= 15 is 0 Å². The molecule has 1 aliphatic heterocycles. The van der Waals surface area contributed by atoms with Gasteiger partial charge in [-0.3, -0.25) is 4.79 Å². The summed E-state index contributed by atoms with van der Waals surface area (Å²) in [5.41, 5.74) is 3.32. The number of carbonyl (C=O) groups is 1. The summed E-state index contributed by atoms with van der Waals surface area (Å²) in [4.78, 5) is 25.6. The Bertz CT molecular complexity index is 904. The molecule has 3 rings (SSSR count). The minimum Gasteiger partial charge on any atom is -0.375 e. The summed E-state index contributed by atoms with van der Waals surface area (Å²) in [7, 11) is 3.72. The van der Waals surface area contributed by atoms with Crippen LogP contribution >= 0.6 is 35.3 Å². The number of amides is 1. The fourth-order valence-electron chi connectivity index (χ4n) is 3.57. The van der Waals surface area contributed by atoms with Gasteiger partial charge < -0.3 is 19.9 Å². The summed E-state index contributed by atoms with van der Waals surface area (Å²) in [6, 6.07) is 8.26. The largest absolute Gasteiger partial charge is 0.375 e. The van der Waals surface area contributed by atoms with Crippen LogP contribution in [-0.2, 0) is 29.2 Å². The summed E-state index contributed by atoms with van der Waals surface area (Å²) in [6.07, 6.45) is 1.62. The van der Waals surface area contributed by atoms with Gasteiger partial charge in [0.25, 0.3) is 0 Å². The normalized spacial score (nSPS) is 14.9. The van der Waals surface area contributed by atoms with Crippen molar-refractivity contribution >= 4 is 47.2 Å². The van der Waals surface area contributed by atoms with Crippen LogP contribution in [0.5, 0.6) is 0 Å². The Labute approximate surface area is 212 Å². The molecule has 1 atom stereocenters. The van der Waals surface area contributed by atoms with Crippen molar-refractivity contribution in [1.82, 2.24) is 20.1 Å². The number of benzene rings is 1. The standard InChI is InChI=1S/C23H33N5O2S.HI/c1-5-24-23(27(3)15-20-16-31-22(26-20)17(2)30-4)25-13-18-9-6-7-10-19(18)14-28-12-8-11-21(28)29;/h6-7,9-10,16-17H,5,8,11-15H2,1-4H3,(H,24,25);1H. The molecule has 1 N–H and O–H groups in total. The van der Waals surface area contributed by atoms with Gasteiger partial charge in [-0.15, -0.1) is 35.3 Å². The molecule has 9 heteroatoms. The fourth-order valence-corrected chi connectivity index (χ4v) is 4.42. The minimum absolute atomic E-state index is 0. The molecule has 0 radical (unpaired) electrons. The number of aliphatic imine (C=N–C) groups is 1. The Hall–Kier alpha value is -1.72. The molecule has 2 aromatic rings. The Kier molecular flexibility index (Phi) is 10.9. The molecule has 32 heavy (non-hydrogen) atoms. The first-order chi connectivity index (χ1) is 15.0. The van der Waals surface area contributed by atoms with Crippen molar-refractivity contribution in [3.05, 3.63) is 51.5 Å².